The molecule has 5 heteroatoms. The van der Waals surface area contributed by atoms with Gasteiger partial charge in [-0.1, -0.05) is 6.07 Å². The molecule has 0 bridgehead atoms. The number of nitrogens with one attached hydrogen (secondary N) is 1. The Morgan fingerprint density at radius 1 is 1.29 bits per heavy atom. The molecule has 0 aliphatic heterocycles. The van der Waals surface area contributed by atoms with Gasteiger partial charge in [0.2, 0.25) is 0 Å². The van der Waals surface area contributed by atoms with Crippen LogP contribution in [0.2, 0.25) is 0 Å². The van der Waals surface area contributed by atoms with Crippen LogP contribution in [-0.4, -0.2) is 43.2 Å². The Morgan fingerprint density at radius 3 is 2.43 bits per heavy atom. The van der Waals surface area contributed by atoms with Crippen molar-refractivity contribution in [2.24, 2.45) is 0 Å². The summed E-state index contributed by atoms with van der Waals surface area (Å²) in [5.74, 6) is -0.415. The number of carbonyl (C=O) groups is 1. The van der Waals surface area contributed by atoms with Crippen LogP contribution < -0.4 is 11.1 Å². The van der Waals surface area contributed by atoms with Gasteiger partial charge < -0.3 is 15.8 Å². The molecule has 0 spiro atoms. The van der Waals surface area contributed by atoms with Crippen LogP contribution in [0.1, 0.15) is 38.1 Å². The lowest BCUT2D eigenvalue weighted by molar-refractivity contribution is 0.0602. The molecule has 0 saturated heterocycles. The second kappa shape index (κ2) is 7.88. The Kier molecular flexibility index (Phi) is 6.49. The zero-order valence-electron chi connectivity index (χ0n) is 13.6. The van der Waals surface area contributed by atoms with Crippen molar-refractivity contribution in [2.75, 3.05) is 31.2 Å². The Morgan fingerprint density at radius 2 is 1.90 bits per heavy atom. The van der Waals surface area contributed by atoms with Crippen molar-refractivity contribution in [1.82, 2.24) is 4.90 Å². The number of hydrogen-bond acceptors (Lipinski definition) is 5. The summed E-state index contributed by atoms with van der Waals surface area (Å²) in [4.78, 5) is 14.0. The van der Waals surface area contributed by atoms with Gasteiger partial charge >= 0.3 is 5.97 Å². The maximum atomic E-state index is 11.6. The molecule has 5 nitrogen and oxygen atoms in total. The van der Waals surface area contributed by atoms with E-state index >= 15 is 0 Å². The molecule has 0 aliphatic carbocycles. The fourth-order valence-corrected chi connectivity index (χ4v) is 2.44. The molecule has 0 atom stereocenters. The highest BCUT2D eigenvalue weighted by Gasteiger charge is 2.14. The van der Waals surface area contributed by atoms with E-state index < -0.39 is 5.97 Å². The quantitative estimate of drug-likeness (QED) is 0.597. The first-order valence-electron chi connectivity index (χ1n) is 7.34. The minimum Gasteiger partial charge on any atom is -0.465 e. The van der Waals surface area contributed by atoms with E-state index in [1.807, 2.05) is 6.07 Å². The van der Waals surface area contributed by atoms with Gasteiger partial charge in [-0.05, 0) is 39.8 Å². The molecule has 0 radical (unpaired) electrons. The van der Waals surface area contributed by atoms with Crippen LogP contribution in [0.4, 0.5) is 11.4 Å². The fraction of sp³-hybridized carbons (Fsp3) is 0.562. The second-order valence-corrected chi connectivity index (χ2v) is 5.61. The number of carbonyl (C=O) groups excluding carboxylic acids is 1. The number of para-hydroxylation sites is 1. The van der Waals surface area contributed by atoms with Crippen molar-refractivity contribution in [1.29, 1.82) is 0 Å². The van der Waals surface area contributed by atoms with Crippen molar-refractivity contribution in [2.45, 2.75) is 39.8 Å². The van der Waals surface area contributed by atoms with Crippen LogP contribution in [0.5, 0.6) is 0 Å². The SMILES string of the molecule is COC(=O)c1cccc(NCCN(C(C)C)C(C)C)c1N. The molecule has 0 aliphatic rings. The first kappa shape index (κ1) is 17.3. The average Bonchev–Trinajstić information content (AvgIpc) is 2.43. The molecule has 1 aromatic carbocycles. The van der Waals surface area contributed by atoms with E-state index in [2.05, 4.69) is 37.9 Å². The van der Waals surface area contributed by atoms with Crippen molar-refractivity contribution in [3.63, 3.8) is 0 Å². The number of methoxy groups -OCH3 is 1. The van der Waals surface area contributed by atoms with Gasteiger partial charge in [0.1, 0.15) is 0 Å². The lowest BCUT2D eigenvalue weighted by Crippen LogP contribution is -2.40. The molecule has 0 aromatic heterocycles. The molecule has 0 unspecified atom stereocenters. The third-order valence-electron chi connectivity index (χ3n) is 3.52. The van der Waals surface area contributed by atoms with Gasteiger partial charge in [0, 0.05) is 25.2 Å². The lowest BCUT2D eigenvalue weighted by Gasteiger charge is -2.30. The zero-order valence-corrected chi connectivity index (χ0v) is 13.6. The van der Waals surface area contributed by atoms with Gasteiger partial charge in [0.15, 0.2) is 0 Å². The average molecular weight is 293 g/mol. The molecule has 3 N–H and O–H groups in total. The summed E-state index contributed by atoms with van der Waals surface area (Å²) in [5, 5.41) is 3.30. The highest BCUT2D eigenvalue weighted by Crippen LogP contribution is 2.23. The minimum absolute atomic E-state index is 0.395. The van der Waals surface area contributed by atoms with Crippen LogP contribution >= 0.6 is 0 Å². The first-order chi connectivity index (χ1) is 9.88. The number of benzene rings is 1. The third-order valence-corrected chi connectivity index (χ3v) is 3.52. The van der Waals surface area contributed by atoms with Gasteiger partial charge in [0.25, 0.3) is 0 Å². The molecule has 1 aromatic rings. The van der Waals surface area contributed by atoms with E-state index in [-0.39, 0.29) is 0 Å². The molecule has 0 amide bonds. The smallest absolute Gasteiger partial charge is 0.340 e. The summed E-state index contributed by atoms with van der Waals surface area (Å²) in [6, 6.07) is 6.32. The first-order valence-corrected chi connectivity index (χ1v) is 7.34. The summed E-state index contributed by atoms with van der Waals surface area (Å²) in [5.41, 5.74) is 7.62. The summed E-state index contributed by atoms with van der Waals surface area (Å²) >= 11 is 0. The molecule has 0 fully saturated rings. The summed E-state index contributed by atoms with van der Waals surface area (Å²) < 4.78 is 4.72. The van der Waals surface area contributed by atoms with E-state index in [4.69, 9.17) is 10.5 Å². The number of esters is 1. The van der Waals surface area contributed by atoms with Gasteiger partial charge in [-0.3, -0.25) is 4.90 Å². The molecular formula is C16H27N3O2. The van der Waals surface area contributed by atoms with Gasteiger partial charge in [-0.15, -0.1) is 0 Å². The standard InChI is InChI=1S/C16H27N3O2/c1-11(2)19(12(3)4)10-9-18-14-8-6-7-13(15(14)17)16(20)21-5/h6-8,11-12,18H,9-10,17H2,1-5H3. The van der Waals surface area contributed by atoms with Crippen molar-refractivity contribution < 1.29 is 9.53 Å². The highest BCUT2D eigenvalue weighted by atomic mass is 16.5. The monoisotopic (exact) mass is 293 g/mol. The number of hydrogen-bond donors (Lipinski definition) is 2. The van der Waals surface area contributed by atoms with E-state index in [0.717, 1.165) is 18.8 Å². The Labute approximate surface area is 127 Å². The Bertz CT molecular complexity index is 465. The van der Waals surface area contributed by atoms with E-state index in [9.17, 15) is 4.79 Å². The minimum atomic E-state index is -0.415. The van der Waals surface area contributed by atoms with Crippen molar-refractivity contribution in [3.8, 4) is 0 Å². The normalized spacial score (nSPS) is 11.2. The van der Waals surface area contributed by atoms with Crippen LogP contribution in [0.25, 0.3) is 0 Å². The number of nitrogens with zero attached hydrogens (tertiary/aromatic N) is 1. The second-order valence-electron chi connectivity index (χ2n) is 5.61. The van der Waals surface area contributed by atoms with Crippen LogP contribution in [0, 0.1) is 0 Å². The number of ether oxygens (including phenoxy) is 1. The van der Waals surface area contributed by atoms with Crippen molar-refractivity contribution in [3.05, 3.63) is 23.8 Å². The number of anilines is 2. The Balaban J connectivity index is 2.70. The summed E-state index contributed by atoms with van der Waals surface area (Å²) in [7, 11) is 1.35. The summed E-state index contributed by atoms with van der Waals surface area (Å²) in [6.45, 7) is 10.4. The van der Waals surface area contributed by atoms with Gasteiger partial charge in [0.05, 0.1) is 24.0 Å². The predicted molar refractivity (Wildman–Crippen MR) is 87.7 cm³/mol. The molecule has 1 rings (SSSR count). The van der Waals surface area contributed by atoms with Crippen LogP contribution in [0.3, 0.4) is 0 Å². The van der Waals surface area contributed by atoms with Gasteiger partial charge in [-0.2, -0.15) is 0 Å². The lowest BCUT2D eigenvalue weighted by atomic mass is 10.1. The molecule has 21 heavy (non-hydrogen) atoms. The van der Waals surface area contributed by atoms with Crippen molar-refractivity contribution >= 4 is 17.3 Å². The largest absolute Gasteiger partial charge is 0.465 e. The summed E-state index contributed by atoms with van der Waals surface area (Å²) in [6.07, 6.45) is 0. The number of nitrogens with two attached hydrogens (primary N) is 1. The zero-order chi connectivity index (χ0) is 16.0. The molecule has 0 saturated carbocycles. The maximum Gasteiger partial charge on any atom is 0.340 e. The molecular weight excluding hydrogens is 266 g/mol. The fourth-order valence-electron chi connectivity index (χ4n) is 2.44. The topological polar surface area (TPSA) is 67.6 Å². The number of rotatable bonds is 7. The van der Waals surface area contributed by atoms with Crippen LogP contribution in [-0.2, 0) is 4.74 Å². The number of nitrogen functional groups attached to an aromatic ring is 1. The van der Waals surface area contributed by atoms with Gasteiger partial charge in [-0.25, -0.2) is 4.79 Å². The highest BCUT2D eigenvalue weighted by molar-refractivity contribution is 5.98. The molecule has 118 valence electrons. The van der Waals surface area contributed by atoms with Crippen LogP contribution in [0.15, 0.2) is 18.2 Å². The predicted octanol–water partition coefficient (Wildman–Crippen LogP) is 2.59. The Hall–Kier alpha value is -1.75. The van der Waals surface area contributed by atoms with E-state index in [1.165, 1.54) is 7.11 Å². The third kappa shape index (κ3) is 4.63. The van der Waals surface area contributed by atoms with E-state index in [0.29, 0.717) is 23.3 Å². The van der Waals surface area contributed by atoms with E-state index in [1.54, 1.807) is 12.1 Å². The maximum absolute atomic E-state index is 11.6. The molecule has 0 heterocycles.